The first-order chi connectivity index (χ1) is 10.0. The Labute approximate surface area is 155 Å². The van der Waals surface area contributed by atoms with Gasteiger partial charge in [-0.3, -0.25) is 4.99 Å². The lowest BCUT2D eigenvalue weighted by atomic mass is 10.1. The van der Waals surface area contributed by atoms with Crippen LogP contribution in [0.5, 0.6) is 5.75 Å². The van der Waals surface area contributed by atoms with Crippen LogP contribution in [0.2, 0.25) is 0 Å². The van der Waals surface area contributed by atoms with Crippen LogP contribution in [0.15, 0.2) is 29.3 Å². The summed E-state index contributed by atoms with van der Waals surface area (Å²) < 4.78 is 5.43. The van der Waals surface area contributed by atoms with Crippen molar-refractivity contribution in [2.24, 2.45) is 4.99 Å². The van der Waals surface area contributed by atoms with Crippen LogP contribution < -0.4 is 15.4 Å². The predicted octanol–water partition coefficient (Wildman–Crippen LogP) is 3.16. The lowest BCUT2D eigenvalue weighted by molar-refractivity contribution is 0.414. The Morgan fingerprint density at radius 2 is 2.05 bits per heavy atom. The molecule has 22 heavy (non-hydrogen) atoms. The minimum absolute atomic E-state index is 0. The number of halogens is 1. The topological polar surface area (TPSA) is 45.7 Å². The molecule has 0 unspecified atom stereocenters. The standard InChI is InChI=1S/C16H27N3OS.HI/c1-16(2,21-5)12-19-15(17-3)18-10-9-13-7-6-8-14(11-13)20-4;/h6-8,11H,9-10,12H2,1-5H3,(H2,17,18,19);1H. The molecule has 0 aliphatic rings. The van der Waals surface area contributed by atoms with Gasteiger partial charge in [0.2, 0.25) is 0 Å². The van der Waals surface area contributed by atoms with E-state index in [0.717, 1.165) is 31.2 Å². The Kier molecular flexibility index (Phi) is 10.7. The molecule has 0 aliphatic heterocycles. The fraction of sp³-hybridized carbons (Fsp3) is 0.562. The van der Waals surface area contributed by atoms with Crippen molar-refractivity contribution in [3.05, 3.63) is 29.8 Å². The van der Waals surface area contributed by atoms with Gasteiger partial charge in [-0.25, -0.2) is 0 Å². The number of hydrogen-bond donors (Lipinski definition) is 2. The Morgan fingerprint density at radius 3 is 2.64 bits per heavy atom. The second-order valence-corrected chi connectivity index (χ2v) is 6.93. The molecule has 0 spiro atoms. The van der Waals surface area contributed by atoms with E-state index >= 15 is 0 Å². The van der Waals surface area contributed by atoms with E-state index in [-0.39, 0.29) is 28.7 Å². The number of thioether (sulfide) groups is 1. The van der Waals surface area contributed by atoms with Crippen LogP contribution >= 0.6 is 35.7 Å². The van der Waals surface area contributed by atoms with Crippen molar-refractivity contribution in [1.82, 2.24) is 10.6 Å². The van der Waals surface area contributed by atoms with Crippen molar-refractivity contribution in [3.8, 4) is 5.75 Å². The van der Waals surface area contributed by atoms with Gasteiger partial charge < -0.3 is 15.4 Å². The Balaban J connectivity index is 0.00000441. The largest absolute Gasteiger partial charge is 0.497 e. The predicted molar refractivity (Wildman–Crippen MR) is 109 cm³/mol. The van der Waals surface area contributed by atoms with Crippen molar-refractivity contribution in [1.29, 1.82) is 0 Å². The van der Waals surface area contributed by atoms with Gasteiger partial charge in [-0.15, -0.1) is 24.0 Å². The van der Waals surface area contributed by atoms with Gasteiger partial charge in [0.15, 0.2) is 5.96 Å². The van der Waals surface area contributed by atoms with E-state index in [0.29, 0.717) is 0 Å². The smallest absolute Gasteiger partial charge is 0.191 e. The highest BCUT2D eigenvalue weighted by Crippen LogP contribution is 2.19. The molecular formula is C16H28IN3OS. The number of methoxy groups -OCH3 is 1. The first-order valence-corrected chi connectivity index (χ1v) is 8.36. The van der Waals surface area contributed by atoms with Gasteiger partial charge in [0.1, 0.15) is 5.75 Å². The van der Waals surface area contributed by atoms with Crippen LogP contribution in [0.4, 0.5) is 0 Å². The van der Waals surface area contributed by atoms with E-state index in [1.165, 1.54) is 5.56 Å². The number of benzene rings is 1. The van der Waals surface area contributed by atoms with Crippen LogP contribution in [0.25, 0.3) is 0 Å². The zero-order chi connectivity index (χ0) is 15.7. The van der Waals surface area contributed by atoms with Crippen LogP contribution in [0, 0.1) is 0 Å². The van der Waals surface area contributed by atoms with Gasteiger partial charge in [-0.2, -0.15) is 11.8 Å². The van der Waals surface area contributed by atoms with Crippen molar-refractivity contribution in [3.63, 3.8) is 0 Å². The molecule has 0 aromatic heterocycles. The maximum atomic E-state index is 5.23. The molecule has 0 bridgehead atoms. The maximum absolute atomic E-state index is 5.23. The zero-order valence-electron chi connectivity index (χ0n) is 14.1. The summed E-state index contributed by atoms with van der Waals surface area (Å²) in [5.41, 5.74) is 1.25. The summed E-state index contributed by atoms with van der Waals surface area (Å²) >= 11 is 1.85. The van der Waals surface area contributed by atoms with E-state index in [4.69, 9.17) is 4.74 Å². The lowest BCUT2D eigenvalue weighted by Gasteiger charge is -2.23. The minimum atomic E-state index is 0. The third-order valence-corrected chi connectivity index (χ3v) is 4.55. The molecule has 0 atom stereocenters. The highest BCUT2D eigenvalue weighted by Gasteiger charge is 2.15. The fourth-order valence-corrected chi connectivity index (χ4v) is 1.96. The van der Waals surface area contributed by atoms with Crippen molar-refractivity contribution >= 4 is 41.7 Å². The van der Waals surface area contributed by atoms with E-state index in [1.54, 1.807) is 14.2 Å². The quantitative estimate of drug-likeness (QED) is 0.391. The third-order valence-electron chi connectivity index (χ3n) is 3.30. The number of guanidine groups is 1. The van der Waals surface area contributed by atoms with E-state index in [2.05, 4.69) is 47.9 Å². The second-order valence-electron chi connectivity index (χ2n) is 5.42. The SMILES string of the molecule is CN=C(NCCc1cccc(OC)c1)NCC(C)(C)SC.I. The molecule has 0 saturated carbocycles. The molecule has 1 aromatic carbocycles. The molecule has 0 saturated heterocycles. The molecule has 2 N–H and O–H groups in total. The summed E-state index contributed by atoms with van der Waals surface area (Å²) in [4.78, 5) is 4.25. The summed E-state index contributed by atoms with van der Waals surface area (Å²) in [6.45, 7) is 6.15. The van der Waals surface area contributed by atoms with E-state index in [9.17, 15) is 0 Å². The van der Waals surface area contributed by atoms with Gasteiger partial charge in [-0.05, 0) is 44.2 Å². The summed E-state index contributed by atoms with van der Waals surface area (Å²) in [6.07, 6.45) is 3.06. The van der Waals surface area contributed by atoms with Gasteiger partial charge in [0.25, 0.3) is 0 Å². The number of ether oxygens (including phenoxy) is 1. The van der Waals surface area contributed by atoms with Crippen LogP contribution in [-0.4, -0.2) is 44.2 Å². The van der Waals surface area contributed by atoms with Crippen molar-refractivity contribution in [2.75, 3.05) is 33.5 Å². The summed E-state index contributed by atoms with van der Waals surface area (Å²) in [7, 11) is 3.49. The first-order valence-electron chi connectivity index (χ1n) is 7.13. The van der Waals surface area contributed by atoms with Crippen LogP contribution in [-0.2, 0) is 6.42 Å². The molecule has 0 heterocycles. The molecule has 4 nitrogen and oxygen atoms in total. The fourth-order valence-electron chi connectivity index (χ4n) is 1.74. The molecule has 126 valence electrons. The van der Waals surface area contributed by atoms with E-state index in [1.807, 2.05) is 23.9 Å². The summed E-state index contributed by atoms with van der Waals surface area (Å²) in [5, 5.41) is 6.70. The van der Waals surface area contributed by atoms with Crippen molar-refractivity contribution in [2.45, 2.75) is 25.0 Å². The summed E-state index contributed by atoms with van der Waals surface area (Å²) in [5.74, 6) is 1.75. The van der Waals surface area contributed by atoms with Crippen LogP contribution in [0.1, 0.15) is 19.4 Å². The van der Waals surface area contributed by atoms with Crippen LogP contribution in [0.3, 0.4) is 0 Å². The average molecular weight is 437 g/mol. The molecule has 0 aliphatic carbocycles. The van der Waals surface area contributed by atoms with Gasteiger partial charge in [0.05, 0.1) is 7.11 Å². The van der Waals surface area contributed by atoms with E-state index < -0.39 is 0 Å². The molecule has 1 rings (SSSR count). The third kappa shape index (κ3) is 8.12. The Morgan fingerprint density at radius 1 is 1.32 bits per heavy atom. The maximum Gasteiger partial charge on any atom is 0.191 e. The normalized spacial score (nSPS) is 11.6. The van der Waals surface area contributed by atoms with Gasteiger partial charge in [-0.1, -0.05) is 12.1 Å². The molecule has 0 fully saturated rings. The Bertz CT molecular complexity index is 466. The Hall–Kier alpha value is -0.630. The lowest BCUT2D eigenvalue weighted by Crippen LogP contribution is -2.43. The number of rotatable bonds is 7. The number of hydrogen-bond acceptors (Lipinski definition) is 3. The molecule has 0 radical (unpaired) electrons. The molecule has 1 aromatic rings. The van der Waals surface area contributed by atoms with Crippen molar-refractivity contribution < 1.29 is 4.74 Å². The van der Waals surface area contributed by atoms with Gasteiger partial charge in [0, 0.05) is 24.9 Å². The highest BCUT2D eigenvalue weighted by molar-refractivity contribution is 14.0. The molecule has 6 heteroatoms. The monoisotopic (exact) mass is 437 g/mol. The minimum Gasteiger partial charge on any atom is -0.497 e. The summed E-state index contributed by atoms with van der Waals surface area (Å²) in [6, 6.07) is 8.15. The number of aliphatic imine (C=N–C) groups is 1. The van der Waals surface area contributed by atoms with Gasteiger partial charge >= 0.3 is 0 Å². The highest BCUT2D eigenvalue weighted by atomic mass is 127. The molecule has 0 amide bonds. The second kappa shape index (κ2) is 11.0. The number of nitrogens with one attached hydrogen (secondary N) is 2. The zero-order valence-corrected chi connectivity index (χ0v) is 17.2. The molecular weight excluding hydrogens is 409 g/mol. The average Bonchev–Trinajstić information content (AvgIpc) is 2.51. The number of nitrogens with zero attached hydrogens (tertiary/aromatic N) is 1. The first kappa shape index (κ1) is 21.4.